The molecule has 0 spiro atoms. The van der Waals surface area contributed by atoms with Crippen molar-refractivity contribution >= 4 is 17.5 Å². The predicted octanol–water partition coefficient (Wildman–Crippen LogP) is 1.23. The Labute approximate surface area is 128 Å². The second-order valence-electron chi connectivity index (χ2n) is 4.35. The van der Waals surface area contributed by atoms with Gasteiger partial charge in [-0.05, 0) is 24.3 Å². The summed E-state index contributed by atoms with van der Waals surface area (Å²) in [4.78, 5) is 19.8. The van der Waals surface area contributed by atoms with Crippen molar-refractivity contribution in [2.45, 2.75) is 0 Å². The molecule has 2 aromatic rings. The summed E-state index contributed by atoms with van der Waals surface area (Å²) in [7, 11) is 1.56. The Kier molecular flexibility index (Phi) is 5.26. The summed E-state index contributed by atoms with van der Waals surface area (Å²) in [5.41, 5.74) is 0.860. The molecule has 7 heteroatoms. The Morgan fingerprint density at radius 3 is 2.82 bits per heavy atom. The Morgan fingerprint density at radius 1 is 1.23 bits per heavy atom. The molecule has 2 aromatic heterocycles. The zero-order chi connectivity index (χ0) is 15.8. The minimum absolute atomic E-state index is 0.228. The van der Waals surface area contributed by atoms with E-state index in [1.807, 2.05) is 0 Å². The number of anilines is 2. The summed E-state index contributed by atoms with van der Waals surface area (Å²) in [6, 6.07) is 10.7. The van der Waals surface area contributed by atoms with Gasteiger partial charge in [0.15, 0.2) is 0 Å². The highest BCUT2D eigenvalue weighted by atomic mass is 16.1. The van der Waals surface area contributed by atoms with Gasteiger partial charge in [-0.3, -0.25) is 4.79 Å². The van der Waals surface area contributed by atoms with Crippen LogP contribution in [0.1, 0.15) is 16.1 Å². The van der Waals surface area contributed by atoms with Crippen molar-refractivity contribution in [2.24, 2.45) is 0 Å². The SMILES string of the molecule is CNC(=O)c1cccc(NCCNc2ncccc2C#N)n1. The zero-order valence-corrected chi connectivity index (χ0v) is 12.1. The number of nitrogens with zero attached hydrogens (tertiary/aromatic N) is 3. The van der Waals surface area contributed by atoms with Gasteiger partial charge in [-0.2, -0.15) is 5.26 Å². The molecule has 2 rings (SSSR count). The number of aromatic nitrogens is 2. The van der Waals surface area contributed by atoms with Crippen LogP contribution in [0.15, 0.2) is 36.5 Å². The van der Waals surface area contributed by atoms with E-state index in [0.29, 0.717) is 36.0 Å². The first-order valence-electron chi connectivity index (χ1n) is 6.76. The average Bonchev–Trinajstić information content (AvgIpc) is 2.58. The summed E-state index contributed by atoms with van der Waals surface area (Å²) < 4.78 is 0. The molecule has 0 fully saturated rings. The highest BCUT2D eigenvalue weighted by molar-refractivity contribution is 5.92. The highest BCUT2D eigenvalue weighted by Crippen LogP contribution is 2.09. The minimum Gasteiger partial charge on any atom is -0.368 e. The van der Waals surface area contributed by atoms with Crippen LogP contribution in [0.2, 0.25) is 0 Å². The number of hydrogen-bond acceptors (Lipinski definition) is 6. The van der Waals surface area contributed by atoms with Crippen molar-refractivity contribution in [3.8, 4) is 6.07 Å². The monoisotopic (exact) mass is 296 g/mol. The number of pyridine rings is 2. The molecule has 0 saturated heterocycles. The largest absolute Gasteiger partial charge is 0.368 e. The van der Waals surface area contributed by atoms with E-state index in [9.17, 15) is 4.79 Å². The van der Waals surface area contributed by atoms with Gasteiger partial charge in [0.2, 0.25) is 0 Å². The maximum Gasteiger partial charge on any atom is 0.269 e. The third-order valence-electron chi connectivity index (χ3n) is 2.86. The Hall–Kier alpha value is -3.14. The van der Waals surface area contributed by atoms with Crippen molar-refractivity contribution in [1.82, 2.24) is 15.3 Å². The van der Waals surface area contributed by atoms with Gasteiger partial charge in [0.1, 0.15) is 23.4 Å². The molecule has 0 aromatic carbocycles. The molecule has 0 aliphatic heterocycles. The van der Waals surface area contributed by atoms with Gasteiger partial charge in [0.25, 0.3) is 5.91 Å². The molecule has 0 atom stereocenters. The van der Waals surface area contributed by atoms with Crippen molar-refractivity contribution in [3.05, 3.63) is 47.8 Å². The molecule has 0 bridgehead atoms. The van der Waals surface area contributed by atoms with Crippen LogP contribution >= 0.6 is 0 Å². The zero-order valence-electron chi connectivity index (χ0n) is 12.1. The van der Waals surface area contributed by atoms with E-state index >= 15 is 0 Å². The first kappa shape index (κ1) is 15.3. The quantitative estimate of drug-likeness (QED) is 0.693. The number of rotatable bonds is 6. The number of amides is 1. The Balaban J connectivity index is 1.87. The molecule has 22 heavy (non-hydrogen) atoms. The van der Waals surface area contributed by atoms with Crippen molar-refractivity contribution in [2.75, 3.05) is 30.8 Å². The summed E-state index contributed by atoms with van der Waals surface area (Å²) in [5.74, 6) is 0.942. The van der Waals surface area contributed by atoms with Crippen molar-refractivity contribution in [3.63, 3.8) is 0 Å². The number of nitriles is 1. The molecule has 3 N–H and O–H groups in total. The molecule has 7 nitrogen and oxygen atoms in total. The second-order valence-corrected chi connectivity index (χ2v) is 4.35. The lowest BCUT2D eigenvalue weighted by Gasteiger charge is -2.09. The van der Waals surface area contributed by atoms with E-state index in [0.717, 1.165) is 0 Å². The normalized spacial score (nSPS) is 9.64. The van der Waals surface area contributed by atoms with Gasteiger partial charge in [-0.15, -0.1) is 0 Å². The van der Waals surface area contributed by atoms with E-state index in [-0.39, 0.29) is 5.91 Å². The van der Waals surface area contributed by atoms with E-state index in [1.54, 1.807) is 43.6 Å². The van der Waals surface area contributed by atoms with Crippen LogP contribution < -0.4 is 16.0 Å². The summed E-state index contributed by atoms with van der Waals surface area (Å²) in [5, 5.41) is 17.7. The lowest BCUT2D eigenvalue weighted by Crippen LogP contribution is -2.20. The highest BCUT2D eigenvalue weighted by Gasteiger charge is 2.05. The second kappa shape index (κ2) is 7.59. The van der Waals surface area contributed by atoms with Gasteiger partial charge < -0.3 is 16.0 Å². The van der Waals surface area contributed by atoms with E-state index in [4.69, 9.17) is 5.26 Å². The molecule has 2 heterocycles. The van der Waals surface area contributed by atoms with E-state index < -0.39 is 0 Å². The van der Waals surface area contributed by atoms with E-state index in [2.05, 4.69) is 32.0 Å². The maximum absolute atomic E-state index is 11.5. The molecule has 0 aliphatic rings. The van der Waals surface area contributed by atoms with Crippen LogP contribution in [0, 0.1) is 11.3 Å². The fourth-order valence-electron chi connectivity index (χ4n) is 1.80. The Bertz CT molecular complexity index is 694. The van der Waals surface area contributed by atoms with Gasteiger partial charge in [0.05, 0.1) is 5.56 Å². The van der Waals surface area contributed by atoms with Crippen molar-refractivity contribution in [1.29, 1.82) is 5.26 Å². The summed E-state index contributed by atoms with van der Waals surface area (Å²) >= 11 is 0. The van der Waals surface area contributed by atoms with Crippen LogP contribution in [0.4, 0.5) is 11.6 Å². The minimum atomic E-state index is -0.228. The fourth-order valence-corrected chi connectivity index (χ4v) is 1.80. The lowest BCUT2D eigenvalue weighted by atomic mass is 10.3. The molecular weight excluding hydrogens is 280 g/mol. The standard InChI is InChI=1S/C15H16N6O/c1-17-15(22)12-5-2-6-13(21-12)18-8-9-20-14-11(10-16)4-3-7-19-14/h2-7H,8-9H2,1H3,(H,17,22)(H,18,21)(H,19,20). The summed E-state index contributed by atoms with van der Waals surface area (Å²) in [6.07, 6.45) is 1.63. The molecule has 0 unspecified atom stereocenters. The first-order valence-corrected chi connectivity index (χ1v) is 6.76. The third-order valence-corrected chi connectivity index (χ3v) is 2.86. The average molecular weight is 296 g/mol. The predicted molar refractivity (Wildman–Crippen MR) is 83.6 cm³/mol. The topological polar surface area (TPSA) is 103 Å². The summed E-state index contributed by atoms with van der Waals surface area (Å²) in [6.45, 7) is 1.14. The molecular formula is C15H16N6O. The maximum atomic E-state index is 11.5. The van der Waals surface area contributed by atoms with Crippen LogP contribution in [0.25, 0.3) is 0 Å². The lowest BCUT2D eigenvalue weighted by molar-refractivity contribution is 0.0958. The Morgan fingerprint density at radius 2 is 2.05 bits per heavy atom. The number of carbonyl (C=O) groups is 1. The van der Waals surface area contributed by atoms with Crippen LogP contribution in [0.5, 0.6) is 0 Å². The van der Waals surface area contributed by atoms with Crippen LogP contribution in [-0.4, -0.2) is 36.0 Å². The van der Waals surface area contributed by atoms with Crippen molar-refractivity contribution < 1.29 is 4.79 Å². The number of nitrogens with one attached hydrogen (secondary N) is 3. The van der Waals surface area contributed by atoms with Gasteiger partial charge >= 0.3 is 0 Å². The smallest absolute Gasteiger partial charge is 0.269 e. The third kappa shape index (κ3) is 3.93. The number of carbonyl (C=O) groups excluding carboxylic acids is 1. The molecule has 0 aliphatic carbocycles. The fraction of sp³-hybridized carbons (Fsp3) is 0.200. The molecule has 1 amide bonds. The van der Waals surface area contributed by atoms with Crippen LogP contribution in [-0.2, 0) is 0 Å². The van der Waals surface area contributed by atoms with Gasteiger partial charge in [-0.25, -0.2) is 9.97 Å². The molecule has 112 valence electrons. The van der Waals surface area contributed by atoms with Gasteiger partial charge in [-0.1, -0.05) is 6.07 Å². The van der Waals surface area contributed by atoms with Gasteiger partial charge in [0, 0.05) is 26.3 Å². The van der Waals surface area contributed by atoms with E-state index in [1.165, 1.54) is 0 Å². The first-order chi connectivity index (χ1) is 10.7. The molecule has 0 saturated carbocycles. The molecule has 0 radical (unpaired) electrons. The van der Waals surface area contributed by atoms with Crippen LogP contribution in [0.3, 0.4) is 0 Å². The number of hydrogen-bond donors (Lipinski definition) is 3.